The van der Waals surface area contributed by atoms with Crippen molar-refractivity contribution in [2.45, 2.75) is 6.92 Å². The van der Waals surface area contributed by atoms with Crippen molar-refractivity contribution in [1.29, 1.82) is 0 Å². The Morgan fingerprint density at radius 2 is 1.73 bits per heavy atom. The first kappa shape index (κ1) is 19.1. The van der Waals surface area contributed by atoms with Crippen LogP contribution in [0.3, 0.4) is 0 Å². The van der Waals surface area contributed by atoms with Gasteiger partial charge in [-0.15, -0.1) is 0 Å². The van der Waals surface area contributed by atoms with Gasteiger partial charge in [0.25, 0.3) is 0 Å². The molecule has 2 aromatic rings. The average Bonchev–Trinajstić information content (AvgIpc) is 2.62. The number of piperazine rings is 1. The lowest BCUT2D eigenvalue weighted by Crippen LogP contribution is -2.50. The maximum absolute atomic E-state index is 6.05. The Balaban J connectivity index is 1.60. The van der Waals surface area contributed by atoms with Crippen LogP contribution < -0.4 is 15.0 Å². The fourth-order valence-corrected chi connectivity index (χ4v) is 3.80. The van der Waals surface area contributed by atoms with E-state index in [-0.39, 0.29) is 0 Å². The van der Waals surface area contributed by atoms with Gasteiger partial charge in [-0.3, -0.25) is 0 Å². The lowest BCUT2D eigenvalue weighted by molar-refractivity contribution is 0.336. The number of benzene rings is 2. The molecule has 0 aliphatic carbocycles. The minimum absolute atomic E-state index is 0.583. The molecule has 4 nitrogen and oxygen atoms in total. The van der Waals surface area contributed by atoms with Crippen molar-refractivity contribution < 1.29 is 4.74 Å². The molecule has 1 fully saturated rings. The zero-order valence-corrected chi connectivity index (χ0v) is 16.9. The second kappa shape index (κ2) is 8.80. The third-order valence-electron chi connectivity index (χ3n) is 4.19. The van der Waals surface area contributed by atoms with Gasteiger partial charge in [-0.05, 0) is 49.5 Å². The maximum Gasteiger partial charge on any atom is 0.173 e. The Morgan fingerprint density at radius 1 is 1.08 bits per heavy atom. The van der Waals surface area contributed by atoms with Crippen molar-refractivity contribution in [2.75, 3.05) is 43.0 Å². The Bertz CT molecular complexity index is 759. The van der Waals surface area contributed by atoms with Crippen molar-refractivity contribution in [3.63, 3.8) is 0 Å². The van der Waals surface area contributed by atoms with E-state index in [4.69, 9.17) is 40.2 Å². The van der Waals surface area contributed by atoms with Gasteiger partial charge in [0.2, 0.25) is 0 Å². The SMILES string of the molecule is CCOc1ccccc1N1CCN(C(=S)Nc2cc(Cl)cc(Cl)c2)CC1. The molecule has 2 aromatic carbocycles. The fraction of sp³-hybridized carbons (Fsp3) is 0.316. The van der Waals surface area contributed by atoms with Crippen LogP contribution in [0.2, 0.25) is 10.0 Å². The standard InChI is InChI=1S/C19H21Cl2N3OS/c1-2-25-18-6-4-3-5-17(18)23-7-9-24(10-8-23)19(26)22-16-12-14(20)11-15(21)13-16/h3-6,11-13H,2,7-10H2,1H3,(H,22,26). The molecule has 0 aromatic heterocycles. The Labute approximate surface area is 169 Å². The van der Waals surface area contributed by atoms with Gasteiger partial charge in [-0.1, -0.05) is 35.3 Å². The summed E-state index contributed by atoms with van der Waals surface area (Å²) in [4.78, 5) is 4.49. The number of para-hydroxylation sites is 2. The minimum Gasteiger partial charge on any atom is -0.492 e. The van der Waals surface area contributed by atoms with Crippen LogP contribution >= 0.6 is 35.4 Å². The summed E-state index contributed by atoms with van der Waals surface area (Å²) < 4.78 is 5.75. The summed E-state index contributed by atoms with van der Waals surface area (Å²) in [6.07, 6.45) is 0. The molecule has 0 amide bonds. The molecule has 1 aliphatic rings. The molecule has 1 aliphatic heterocycles. The highest BCUT2D eigenvalue weighted by atomic mass is 35.5. The maximum atomic E-state index is 6.05. The number of thiocarbonyl (C=S) groups is 1. The van der Waals surface area contributed by atoms with Gasteiger partial charge < -0.3 is 19.9 Å². The van der Waals surface area contributed by atoms with Gasteiger partial charge in [-0.25, -0.2) is 0 Å². The van der Waals surface area contributed by atoms with Crippen LogP contribution in [-0.2, 0) is 0 Å². The van der Waals surface area contributed by atoms with Gasteiger partial charge in [0.05, 0.1) is 12.3 Å². The fourth-order valence-electron chi connectivity index (χ4n) is 2.97. The number of ether oxygens (including phenoxy) is 1. The van der Waals surface area contributed by atoms with E-state index in [1.165, 1.54) is 0 Å². The van der Waals surface area contributed by atoms with Crippen LogP contribution in [0.25, 0.3) is 0 Å². The number of hydrogen-bond acceptors (Lipinski definition) is 3. The van der Waals surface area contributed by atoms with Crippen LogP contribution in [0.1, 0.15) is 6.92 Å². The molecule has 1 heterocycles. The van der Waals surface area contributed by atoms with E-state index in [9.17, 15) is 0 Å². The van der Waals surface area contributed by atoms with Crippen molar-refractivity contribution in [3.8, 4) is 5.75 Å². The normalized spacial score (nSPS) is 14.3. The molecule has 0 saturated carbocycles. The van der Waals surface area contributed by atoms with E-state index >= 15 is 0 Å². The molecule has 0 atom stereocenters. The largest absolute Gasteiger partial charge is 0.492 e. The van der Waals surface area contributed by atoms with E-state index in [1.54, 1.807) is 6.07 Å². The van der Waals surface area contributed by atoms with Crippen LogP contribution in [0, 0.1) is 0 Å². The molecule has 0 radical (unpaired) electrons. The number of rotatable bonds is 4. The van der Waals surface area contributed by atoms with Gasteiger partial charge in [0.1, 0.15) is 5.75 Å². The first-order valence-corrected chi connectivity index (χ1v) is 9.72. The van der Waals surface area contributed by atoms with Gasteiger partial charge >= 0.3 is 0 Å². The van der Waals surface area contributed by atoms with Gasteiger partial charge in [-0.2, -0.15) is 0 Å². The second-order valence-corrected chi connectivity index (χ2v) is 7.22. The van der Waals surface area contributed by atoms with Crippen molar-refractivity contribution in [2.24, 2.45) is 0 Å². The molecule has 3 rings (SSSR count). The Morgan fingerprint density at radius 3 is 2.38 bits per heavy atom. The number of halogens is 2. The highest BCUT2D eigenvalue weighted by molar-refractivity contribution is 7.80. The van der Waals surface area contributed by atoms with Crippen molar-refractivity contribution in [1.82, 2.24) is 4.90 Å². The van der Waals surface area contributed by atoms with Crippen LogP contribution in [0.4, 0.5) is 11.4 Å². The summed E-state index contributed by atoms with van der Waals surface area (Å²) in [7, 11) is 0. The topological polar surface area (TPSA) is 27.7 Å². The first-order valence-electron chi connectivity index (χ1n) is 8.55. The number of hydrogen-bond donors (Lipinski definition) is 1. The van der Waals surface area contributed by atoms with E-state index in [1.807, 2.05) is 37.3 Å². The number of nitrogens with zero attached hydrogens (tertiary/aromatic N) is 2. The smallest absolute Gasteiger partial charge is 0.173 e. The monoisotopic (exact) mass is 409 g/mol. The average molecular weight is 410 g/mol. The van der Waals surface area contributed by atoms with Crippen LogP contribution in [-0.4, -0.2) is 42.8 Å². The first-order chi connectivity index (χ1) is 12.6. The zero-order valence-electron chi connectivity index (χ0n) is 14.5. The number of anilines is 2. The lowest BCUT2D eigenvalue weighted by Gasteiger charge is -2.38. The number of nitrogens with one attached hydrogen (secondary N) is 1. The molecule has 1 N–H and O–H groups in total. The predicted molar refractivity (Wildman–Crippen MR) is 114 cm³/mol. The molecule has 0 spiro atoms. The van der Waals surface area contributed by atoms with Crippen molar-refractivity contribution in [3.05, 3.63) is 52.5 Å². The van der Waals surface area contributed by atoms with Crippen LogP contribution in [0.5, 0.6) is 5.75 Å². The van der Waals surface area contributed by atoms with E-state index < -0.39 is 0 Å². The Hall–Kier alpha value is -1.69. The molecule has 26 heavy (non-hydrogen) atoms. The summed E-state index contributed by atoms with van der Waals surface area (Å²) in [6.45, 7) is 6.08. The molecular formula is C19H21Cl2N3OS. The van der Waals surface area contributed by atoms with E-state index in [2.05, 4.69) is 21.2 Å². The van der Waals surface area contributed by atoms with Crippen LogP contribution in [0.15, 0.2) is 42.5 Å². The molecule has 0 unspecified atom stereocenters. The van der Waals surface area contributed by atoms with E-state index in [0.717, 1.165) is 43.3 Å². The van der Waals surface area contributed by atoms with Gasteiger partial charge in [0, 0.05) is 41.9 Å². The summed E-state index contributed by atoms with van der Waals surface area (Å²) >= 11 is 17.6. The summed E-state index contributed by atoms with van der Waals surface area (Å²) in [5.41, 5.74) is 1.94. The van der Waals surface area contributed by atoms with E-state index in [0.29, 0.717) is 21.8 Å². The zero-order chi connectivity index (χ0) is 18.5. The molecule has 7 heteroatoms. The third kappa shape index (κ3) is 4.72. The highest BCUT2D eigenvalue weighted by Gasteiger charge is 2.21. The summed E-state index contributed by atoms with van der Waals surface area (Å²) in [5, 5.41) is 5.07. The summed E-state index contributed by atoms with van der Waals surface area (Å²) in [5.74, 6) is 0.928. The molecule has 138 valence electrons. The van der Waals surface area contributed by atoms with Crippen molar-refractivity contribution >= 4 is 51.9 Å². The minimum atomic E-state index is 0.583. The molecular weight excluding hydrogens is 389 g/mol. The summed E-state index contributed by atoms with van der Waals surface area (Å²) in [6, 6.07) is 13.5. The Kier molecular flexibility index (Phi) is 6.46. The quantitative estimate of drug-likeness (QED) is 0.723. The third-order valence-corrected chi connectivity index (χ3v) is 4.98. The van der Waals surface area contributed by atoms with Gasteiger partial charge in [0.15, 0.2) is 5.11 Å². The molecule has 1 saturated heterocycles. The molecule has 0 bridgehead atoms. The predicted octanol–water partition coefficient (Wildman–Crippen LogP) is 4.91. The lowest BCUT2D eigenvalue weighted by atomic mass is 10.2. The highest BCUT2D eigenvalue weighted by Crippen LogP contribution is 2.29. The second-order valence-electron chi connectivity index (χ2n) is 5.96.